The third-order valence-electron chi connectivity index (χ3n) is 3.81. The van der Waals surface area contributed by atoms with Crippen LogP contribution in [-0.2, 0) is 25.7 Å². The van der Waals surface area contributed by atoms with Crippen LogP contribution in [0.4, 0.5) is 0 Å². The molecule has 1 aromatic rings. The second kappa shape index (κ2) is 12.6. The predicted octanol–water partition coefficient (Wildman–Crippen LogP) is 2.01. The molecule has 140 valence electrons. The van der Waals surface area contributed by atoms with Gasteiger partial charge in [0.2, 0.25) is 0 Å². The number of aliphatic hydroxyl groups is 2. The molecule has 1 rings (SSSR count). The minimum atomic E-state index is -1.25. The standard InChI is InChI=1S/C19H28O6/c1-2-3-5-10-18(23)25-17(11-12-20)19(16(22)13-21)24-14-15-8-6-4-7-9-15/h4,6-9,12,16-17,19,21-22H,2-3,5,10-11,13-14H2,1H3/t16-,17-,19-/m1/s1. The third-order valence-corrected chi connectivity index (χ3v) is 3.81. The molecule has 0 heterocycles. The van der Waals surface area contributed by atoms with Gasteiger partial charge in [-0.1, -0.05) is 50.1 Å². The Morgan fingerprint density at radius 1 is 1.24 bits per heavy atom. The molecule has 6 nitrogen and oxygen atoms in total. The summed E-state index contributed by atoms with van der Waals surface area (Å²) in [7, 11) is 0. The first-order valence-corrected chi connectivity index (χ1v) is 8.69. The topological polar surface area (TPSA) is 93.1 Å². The van der Waals surface area contributed by atoms with Gasteiger partial charge in [-0.2, -0.15) is 0 Å². The number of carbonyl (C=O) groups excluding carboxylic acids is 2. The Labute approximate surface area is 148 Å². The van der Waals surface area contributed by atoms with Gasteiger partial charge in [-0.05, 0) is 12.0 Å². The van der Waals surface area contributed by atoms with Crippen molar-refractivity contribution < 1.29 is 29.3 Å². The van der Waals surface area contributed by atoms with Crippen LogP contribution in [0.5, 0.6) is 0 Å². The summed E-state index contributed by atoms with van der Waals surface area (Å²) in [4.78, 5) is 22.9. The number of unbranched alkanes of at least 4 members (excludes halogenated alkanes) is 2. The molecule has 0 radical (unpaired) electrons. The van der Waals surface area contributed by atoms with E-state index in [-0.39, 0.29) is 19.4 Å². The van der Waals surface area contributed by atoms with Crippen LogP contribution in [0.1, 0.15) is 44.6 Å². The molecular weight excluding hydrogens is 324 g/mol. The predicted molar refractivity (Wildman–Crippen MR) is 92.8 cm³/mol. The van der Waals surface area contributed by atoms with E-state index in [9.17, 15) is 19.8 Å². The van der Waals surface area contributed by atoms with Crippen LogP contribution in [0.2, 0.25) is 0 Å². The molecule has 0 unspecified atom stereocenters. The number of carbonyl (C=O) groups is 2. The lowest BCUT2D eigenvalue weighted by Crippen LogP contribution is -2.44. The monoisotopic (exact) mass is 352 g/mol. The number of rotatable bonds is 13. The van der Waals surface area contributed by atoms with Gasteiger partial charge in [0.1, 0.15) is 24.6 Å². The first-order valence-electron chi connectivity index (χ1n) is 8.69. The van der Waals surface area contributed by atoms with Crippen molar-refractivity contribution in [2.75, 3.05) is 6.61 Å². The molecule has 0 aliphatic rings. The van der Waals surface area contributed by atoms with Gasteiger partial charge in [0.05, 0.1) is 13.2 Å². The van der Waals surface area contributed by atoms with E-state index in [0.29, 0.717) is 12.7 Å². The van der Waals surface area contributed by atoms with E-state index in [1.165, 1.54) is 0 Å². The molecule has 3 atom stereocenters. The van der Waals surface area contributed by atoms with Crippen LogP contribution in [-0.4, -0.2) is 47.4 Å². The molecule has 0 saturated heterocycles. The van der Waals surface area contributed by atoms with Crippen molar-refractivity contribution in [3.63, 3.8) is 0 Å². The molecule has 0 saturated carbocycles. The second-order valence-electron chi connectivity index (χ2n) is 5.90. The second-order valence-corrected chi connectivity index (χ2v) is 5.90. The van der Waals surface area contributed by atoms with Crippen molar-refractivity contribution in [1.82, 2.24) is 0 Å². The van der Waals surface area contributed by atoms with Crippen molar-refractivity contribution in [1.29, 1.82) is 0 Å². The average molecular weight is 352 g/mol. The van der Waals surface area contributed by atoms with Gasteiger partial charge >= 0.3 is 5.97 Å². The van der Waals surface area contributed by atoms with Crippen LogP contribution in [0.15, 0.2) is 30.3 Å². The van der Waals surface area contributed by atoms with E-state index < -0.39 is 30.9 Å². The normalized spacial score (nSPS) is 14.5. The molecule has 2 N–H and O–H groups in total. The fourth-order valence-corrected chi connectivity index (χ4v) is 2.43. The number of aldehydes is 1. The molecule has 0 aliphatic heterocycles. The Bertz CT molecular complexity index is 490. The van der Waals surface area contributed by atoms with E-state index >= 15 is 0 Å². The van der Waals surface area contributed by atoms with E-state index in [0.717, 1.165) is 18.4 Å². The summed E-state index contributed by atoms with van der Waals surface area (Å²) in [5.41, 5.74) is 0.872. The quantitative estimate of drug-likeness (QED) is 0.320. The highest BCUT2D eigenvalue weighted by Gasteiger charge is 2.31. The average Bonchev–Trinajstić information content (AvgIpc) is 2.62. The maximum absolute atomic E-state index is 12.0. The largest absolute Gasteiger partial charge is 0.459 e. The van der Waals surface area contributed by atoms with Gasteiger partial charge in [-0.3, -0.25) is 4.79 Å². The smallest absolute Gasteiger partial charge is 0.306 e. The summed E-state index contributed by atoms with van der Waals surface area (Å²) < 4.78 is 11.0. The SMILES string of the molecule is CCCCCC(=O)O[C@H](CC=O)[C@H](OCc1ccccc1)[C@H](O)CO. The molecular formula is C19H28O6. The molecule has 25 heavy (non-hydrogen) atoms. The fraction of sp³-hybridized carbons (Fsp3) is 0.579. The van der Waals surface area contributed by atoms with Gasteiger partial charge in [-0.25, -0.2) is 0 Å². The number of hydrogen-bond donors (Lipinski definition) is 2. The van der Waals surface area contributed by atoms with Crippen LogP contribution < -0.4 is 0 Å². The Hall–Kier alpha value is -1.76. The summed E-state index contributed by atoms with van der Waals surface area (Å²) >= 11 is 0. The Morgan fingerprint density at radius 2 is 1.96 bits per heavy atom. The lowest BCUT2D eigenvalue weighted by Gasteiger charge is -2.29. The summed E-state index contributed by atoms with van der Waals surface area (Å²) in [6.07, 6.45) is 0.214. The molecule has 0 aromatic heterocycles. The van der Waals surface area contributed by atoms with Gasteiger partial charge in [0.15, 0.2) is 0 Å². The van der Waals surface area contributed by atoms with Crippen molar-refractivity contribution in [2.45, 2.75) is 63.9 Å². The summed E-state index contributed by atoms with van der Waals surface area (Å²) in [6, 6.07) is 9.29. The molecule has 0 amide bonds. The van der Waals surface area contributed by atoms with Crippen molar-refractivity contribution >= 4 is 12.3 Å². The van der Waals surface area contributed by atoms with E-state index in [1.54, 1.807) is 0 Å². The highest BCUT2D eigenvalue weighted by Crippen LogP contribution is 2.16. The zero-order valence-corrected chi connectivity index (χ0v) is 14.7. The van der Waals surface area contributed by atoms with E-state index in [1.807, 2.05) is 37.3 Å². The highest BCUT2D eigenvalue weighted by molar-refractivity contribution is 5.70. The zero-order valence-electron chi connectivity index (χ0n) is 14.7. The summed E-state index contributed by atoms with van der Waals surface area (Å²) in [6.45, 7) is 1.65. The molecule has 0 bridgehead atoms. The lowest BCUT2D eigenvalue weighted by molar-refractivity contribution is -0.170. The highest BCUT2D eigenvalue weighted by atomic mass is 16.6. The fourth-order valence-electron chi connectivity index (χ4n) is 2.43. The maximum atomic E-state index is 12.0. The van der Waals surface area contributed by atoms with Crippen LogP contribution in [0, 0.1) is 0 Å². The van der Waals surface area contributed by atoms with Gasteiger partial charge in [-0.15, -0.1) is 0 Å². The van der Waals surface area contributed by atoms with E-state index in [2.05, 4.69) is 0 Å². The van der Waals surface area contributed by atoms with Gasteiger partial charge in [0.25, 0.3) is 0 Å². The molecule has 0 aliphatic carbocycles. The van der Waals surface area contributed by atoms with Crippen molar-refractivity contribution in [3.05, 3.63) is 35.9 Å². The Kier molecular flexibility index (Phi) is 10.7. The zero-order chi connectivity index (χ0) is 18.5. The van der Waals surface area contributed by atoms with Crippen molar-refractivity contribution in [2.24, 2.45) is 0 Å². The first kappa shape index (κ1) is 21.3. The summed E-state index contributed by atoms with van der Waals surface area (Å²) in [5, 5.41) is 19.3. The lowest BCUT2D eigenvalue weighted by atomic mass is 10.1. The van der Waals surface area contributed by atoms with Crippen molar-refractivity contribution in [3.8, 4) is 0 Å². The van der Waals surface area contributed by atoms with E-state index in [4.69, 9.17) is 9.47 Å². The number of hydrogen-bond acceptors (Lipinski definition) is 6. The number of aliphatic hydroxyl groups excluding tert-OH is 2. The molecule has 0 spiro atoms. The summed E-state index contributed by atoms with van der Waals surface area (Å²) in [5.74, 6) is -0.432. The number of benzene rings is 1. The van der Waals surface area contributed by atoms with Crippen LogP contribution in [0.25, 0.3) is 0 Å². The third kappa shape index (κ3) is 8.25. The van der Waals surface area contributed by atoms with Crippen LogP contribution in [0.3, 0.4) is 0 Å². The maximum Gasteiger partial charge on any atom is 0.306 e. The minimum absolute atomic E-state index is 0.101. The first-order chi connectivity index (χ1) is 12.1. The van der Waals surface area contributed by atoms with Gasteiger partial charge in [0, 0.05) is 12.8 Å². The number of ether oxygens (including phenoxy) is 2. The van der Waals surface area contributed by atoms with Gasteiger partial charge < -0.3 is 24.5 Å². The minimum Gasteiger partial charge on any atom is -0.459 e. The molecule has 6 heteroatoms. The van der Waals surface area contributed by atoms with Crippen LogP contribution >= 0.6 is 0 Å². The molecule has 0 fully saturated rings. The Morgan fingerprint density at radius 3 is 2.56 bits per heavy atom. The number of esters is 1. The molecule has 1 aromatic carbocycles. The Balaban J connectivity index is 2.72.